The van der Waals surface area contributed by atoms with Gasteiger partial charge < -0.3 is 14.5 Å². The van der Waals surface area contributed by atoms with Gasteiger partial charge in [0.15, 0.2) is 0 Å². The van der Waals surface area contributed by atoms with Gasteiger partial charge in [-0.05, 0) is 42.8 Å². The monoisotopic (exact) mass is 400 g/mol. The molecule has 0 N–H and O–H groups in total. The van der Waals surface area contributed by atoms with Crippen LogP contribution in [0.3, 0.4) is 0 Å². The second-order valence-corrected chi connectivity index (χ2v) is 8.12. The van der Waals surface area contributed by atoms with Crippen molar-refractivity contribution in [3.8, 4) is 5.75 Å². The molecule has 0 atom stereocenters. The summed E-state index contributed by atoms with van der Waals surface area (Å²) in [6, 6.07) is 11.9. The molecule has 1 aliphatic rings. The molecule has 6 heteroatoms. The number of amides is 2. The summed E-state index contributed by atoms with van der Waals surface area (Å²) in [5, 5.41) is 1.99. The molecule has 3 rings (SSSR count). The summed E-state index contributed by atoms with van der Waals surface area (Å²) < 4.78 is 5.78. The van der Waals surface area contributed by atoms with Crippen molar-refractivity contribution in [2.75, 3.05) is 32.8 Å². The summed E-state index contributed by atoms with van der Waals surface area (Å²) in [5.41, 5.74) is 1.11. The summed E-state index contributed by atoms with van der Waals surface area (Å²) in [6.07, 6.45) is 2.48. The van der Waals surface area contributed by atoms with Crippen LogP contribution in [0, 0.1) is 6.92 Å². The molecular formula is C22H28N2O3S. The minimum atomic E-state index is 0.154. The van der Waals surface area contributed by atoms with Gasteiger partial charge in [0.1, 0.15) is 5.75 Å². The van der Waals surface area contributed by atoms with Gasteiger partial charge in [-0.3, -0.25) is 9.59 Å². The Bertz CT molecular complexity index is 776. The number of rotatable bonds is 7. The van der Waals surface area contributed by atoms with E-state index in [1.165, 1.54) is 0 Å². The highest BCUT2D eigenvalue weighted by Gasteiger charge is 2.22. The number of carbonyl (C=O) groups excluding carboxylic acids is 2. The highest BCUT2D eigenvalue weighted by atomic mass is 32.1. The van der Waals surface area contributed by atoms with Crippen LogP contribution in [-0.4, -0.2) is 54.4 Å². The zero-order chi connectivity index (χ0) is 19.8. The Morgan fingerprint density at radius 3 is 2.46 bits per heavy atom. The number of para-hydroxylation sites is 1. The average Bonchev–Trinajstić information content (AvgIpc) is 3.07. The van der Waals surface area contributed by atoms with Crippen molar-refractivity contribution in [2.45, 2.75) is 32.6 Å². The first kappa shape index (κ1) is 20.4. The second-order valence-electron chi connectivity index (χ2n) is 7.09. The Morgan fingerprint density at radius 2 is 1.75 bits per heavy atom. The van der Waals surface area contributed by atoms with Crippen molar-refractivity contribution in [3.63, 3.8) is 0 Å². The van der Waals surface area contributed by atoms with Crippen molar-refractivity contribution in [2.24, 2.45) is 0 Å². The minimum absolute atomic E-state index is 0.154. The zero-order valence-electron chi connectivity index (χ0n) is 16.4. The van der Waals surface area contributed by atoms with Crippen molar-refractivity contribution in [1.82, 2.24) is 9.80 Å². The number of nitrogens with zero attached hydrogens (tertiary/aromatic N) is 2. The summed E-state index contributed by atoms with van der Waals surface area (Å²) in [7, 11) is 0. The third-order valence-corrected chi connectivity index (χ3v) is 5.87. The van der Waals surface area contributed by atoms with Crippen molar-refractivity contribution < 1.29 is 14.3 Å². The van der Waals surface area contributed by atoms with Crippen LogP contribution in [0.5, 0.6) is 5.75 Å². The largest absolute Gasteiger partial charge is 0.493 e. The Hall–Kier alpha value is -2.34. The van der Waals surface area contributed by atoms with Crippen LogP contribution in [-0.2, 0) is 16.0 Å². The Labute approximate surface area is 170 Å². The standard InChI is InChI=1S/C22H28N2O3S/c1-18-7-2-3-9-20(18)27-15-4-10-21(25)23-11-6-12-24(14-13-23)22(26)17-19-8-5-16-28-19/h2-3,5,7-9,16H,4,6,10-15,17H2,1H3. The van der Waals surface area contributed by atoms with Crippen LogP contribution < -0.4 is 4.74 Å². The van der Waals surface area contributed by atoms with Gasteiger partial charge in [-0.1, -0.05) is 24.3 Å². The number of hydrogen-bond acceptors (Lipinski definition) is 4. The van der Waals surface area contributed by atoms with Crippen molar-refractivity contribution in [3.05, 3.63) is 52.2 Å². The number of carbonyl (C=O) groups is 2. The highest BCUT2D eigenvalue weighted by molar-refractivity contribution is 7.10. The van der Waals surface area contributed by atoms with Gasteiger partial charge in [0.05, 0.1) is 13.0 Å². The first-order chi connectivity index (χ1) is 13.6. The van der Waals surface area contributed by atoms with E-state index in [0.29, 0.717) is 39.0 Å². The van der Waals surface area contributed by atoms with E-state index in [4.69, 9.17) is 4.74 Å². The summed E-state index contributed by atoms with van der Waals surface area (Å²) in [6.45, 7) is 5.24. The fourth-order valence-electron chi connectivity index (χ4n) is 3.37. The van der Waals surface area contributed by atoms with E-state index in [9.17, 15) is 9.59 Å². The normalized spacial score (nSPS) is 14.6. The predicted octanol–water partition coefficient (Wildman–Crippen LogP) is 3.52. The molecule has 1 saturated heterocycles. The molecule has 2 amide bonds. The molecule has 28 heavy (non-hydrogen) atoms. The molecule has 2 heterocycles. The topological polar surface area (TPSA) is 49.9 Å². The minimum Gasteiger partial charge on any atom is -0.493 e. The fraction of sp³-hybridized carbons (Fsp3) is 0.455. The van der Waals surface area contributed by atoms with E-state index in [1.54, 1.807) is 11.3 Å². The number of thiophene rings is 1. The van der Waals surface area contributed by atoms with Gasteiger partial charge in [0, 0.05) is 37.5 Å². The Balaban J connectivity index is 1.39. The summed E-state index contributed by atoms with van der Waals surface area (Å²) in [4.78, 5) is 29.9. The average molecular weight is 401 g/mol. The number of hydrogen-bond donors (Lipinski definition) is 0. The number of benzene rings is 1. The quantitative estimate of drug-likeness (QED) is 0.668. The zero-order valence-corrected chi connectivity index (χ0v) is 17.2. The van der Waals surface area contributed by atoms with Crippen LogP contribution in [0.2, 0.25) is 0 Å². The first-order valence-corrected chi connectivity index (χ1v) is 10.8. The van der Waals surface area contributed by atoms with Crippen molar-refractivity contribution in [1.29, 1.82) is 0 Å². The smallest absolute Gasteiger partial charge is 0.227 e. The molecule has 0 saturated carbocycles. The fourth-order valence-corrected chi connectivity index (χ4v) is 4.07. The molecule has 0 spiro atoms. The maximum Gasteiger partial charge on any atom is 0.227 e. The Morgan fingerprint density at radius 1 is 1.00 bits per heavy atom. The molecule has 1 aliphatic heterocycles. The lowest BCUT2D eigenvalue weighted by molar-refractivity contribution is -0.133. The summed E-state index contributed by atoms with van der Waals surface area (Å²) in [5.74, 6) is 1.19. The molecule has 150 valence electrons. The van der Waals surface area contributed by atoms with E-state index >= 15 is 0 Å². The molecule has 1 aromatic heterocycles. The van der Waals surface area contributed by atoms with Crippen LogP contribution in [0.15, 0.2) is 41.8 Å². The van der Waals surface area contributed by atoms with E-state index < -0.39 is 0 Å². The van der Waals surface area contributed by atoms with Crippen LogP contribution in [0.4, 0.5) is 0 Å². The van der Waals surface area contributed by atoms with Gasteiger partial charge in [-0.15, -0.1) is 11.3 Å². The molecule has 5 nitrogen and oxygen atoms in total. The van der Waals surface area contributed by atoms with Gasteiger partial charge in [-0.2, -0.15) is 0 Å². The predicted molar refractivity (Wildman–Crippen MR) is 112 cm³/mol. The third kappa shape index (κ3) is 5.83. The molecule has 1 fully saturated rings. The van der Waals surface area contributed by atoms with E-state index in [0.717, 1.165) is 35.7 Å². The third-order valence-electron chi connectivity index (χ3n) is 4.99. The molecular weight excluding hydrogens is 372 g/mol. The molecule has 1 aromatic carbocycles. The van der Waals surface area contributed by atoms with Crippen LogP contribution in [0.1, 0.15) is 29.7 Å². The van der Waals surface area contributed by atoms with Gasteiger partial charge in [0.25, 0.3) is 0 Å². The van der Waals surface area contributed by atoms with Gasteiger partial charge in [-0.25, -0.2) is 0 Å². The van der Waals surface area contributed by atoms with Crippen LogP contribution in [0.25, 0.3) is 0 Å². The molecule has 2 aromatic rings. The lowest BCUT2D eigenvalue weighted by atomic mass is 10.2. The van der Waals surface area contributed by atoms with E-state index in [1.807, 2.05) is 58.5 Å². The highest BCUT2D eigenvalue weighted by Crippen LogP contribution is 2.17. The first-order valence-electron chi connectivity index (χ1n) is 9.90. The van der Waals surface area contributed by atoms with Crippen LogP contribution >= 0.6 is 11.3 Å². The maximum absolute atomic E-state index is 12.5. The van der Waals surface area contributed by atoms with Crippen molar-refractivity contribution >= 4 is 23.2 Å². The SMILES string of the molecule is Cc1ccccc1OCCCC(=O)N1CCCN(C(=O)Cc2cccs2)CC1. The van der Waals surface area contributed by atoms with Gasteiger partial charge >= 0.3 is 0 Å². The van der Waals surface area contributed by atoms with E-state index in [-0.39, 0.29) is 11.8 Å². The molecule has 0 unspecified atom stereocenters. The second kappa shape index (κ2) is 10.3. The van der Waals surface area contributed by atoms with Gasteiger partial charge in [0.2, 0.25) is 11.8 Å². The Kier molecular flexibility index (Phi) is 7.48. The molecule has 0 bridgehead atoms. The molecule has 0 radical (unpaired) electrons. The molecule has 0 aliphatic carbocycles. The summed E-state index contributed by atoms with van der Waals surface area (Å²) >= 11 is 1.61. The lowest BCUT2D eigenvalue weighted by Crippen LogP contribution is -2.37. The number of ether oxygens (including phenoxy) is 1. The lowest BCUT2D eigenvalue weighted by Gasteiger charge is -2.22. The number of aryl methyl sites for hydroxylation is 1. The van der Waals surface area contributed by atoms with E-state index in [2.05, 4.69) is 0 Å². The maximum atomic E-state index is 12.5.